The van der Waals surface area contributed by atoms with Gasteiger partial charge in [0.05, 0.1) is 0 Å². The largest absolute Gasteiger partial charge is 0.314 e. The summed E-state index contributed by atoms with van der Waals surface area (Å²) in [6.07, 6.45) is 2.79. The van der Waals surface area contributed by atoms with Gasteiger partial charge in [0.15, 0.2) is 0 Å². The minimum Gasteiger partial charge on any atom is -0.314 e. The fourth-order valence-electron chi connectivity index (χ4n) is 2.06. The smallest absolute Gasteiger partial charge is 0.0107 e. The maximum atomic E-state index is 3.38. The third kappa shape index (κ3) is 2.93. The van der Waals surface area contributed by atoms with Gasteiger partial charge >= 0.3 is 0 Å². The highest BCUT2D eigenvalue weighted by molar-refractivity contribution is 4.71. The molecule has 3 heteroatoms. The summed E-state index contributed by atoms with van der Waals surface area (Å²) in [5.41, 5.74) is 0. The molecule has 0 aliphatic carbocycles. The van der Waals surface area contributed by atoms with Gasteiger partial charge in [0.1, 0.15) is 0 Å². The van der Waals surface area contributed by atoms with Crippen LogP contribution < -0.4 is 5.32 Å². The van der Waals surface area contributed by atoms with Crippen molar-refractivity contribution in [2.24, 2.45) is 0 Å². The van der Waals surface area contributed by atoms with Gasteiger partial charge in [0.2, 0.25) is 0 Å². The summed E-state index contributed by atoms with van der Waals surface area (Å²) in [7, 11) is 0. The Kier molecular flexibility index (Phi) is 3.58. The molecular weight excluding hydrogens is 162 g/mol. The molecule has 0 aromatic heterocycles. The van der Waals surface area contributed by atoms with Crippen LogP contribution in [0.1, 0.15) is 12.8 Å². The van der Waals surface area contributed by atoms with Gasteiger partial charge < -0.3 is 15.1 Å². The molecule has 2 aliphatic rings. The van der Waals surface area contributed by atoms with E-state index in [1.54, 1.807) is 0 Å². The lowest BCUT2D eigenvalue weighted by Crippen LogP contribution is -2.45. The van der Waals surface area contributed by atoms with Crippen LogP contribution in [0.5, 0.6) is 0 Å². The van der Waals surface area contributed by atoms with Crippen molar-refractivity contribution in [1.29, 1.82) is 0 Å². The molecule has 0 atom stereocenters. The molecule has 13 heavy (non-hydrogen) atoms. The van der Waals surface area contributed by atoms with Crippen molar-refractivity contribution in [3.8, 4) is 0 Å². The number of likely N-dealkylation sites (tertiary alicyclic amines) is 1. The van der Waals surface area contributed by atoms with Gasteiger partial charge in [-0.2, -0.15) is 0 Å². The minimum absolute atomic E-state index is 1.18. The van der Waals surface area contributed by atoms with Crippen molar-refractivity contribution >= 4 is 0 Å². The lowest BCUT2D eigenvalue weighted by Gasteiger charge is -2.32. The van der Waals surface area contributed by atoms with E-state index in [4.69, 9.17) is 0 Å². The molecule has 0 bridgehead atoms. The van der Waals surface area contributed by atoms with Gasteiger partial charge in [0, 0.05) is 26.2 Å². The number of hydrogen-bond donors (Lipinski definition) is 1. The Bertz CT molecular complexity index is 139. The van der Waals surface area contributed by atoms with Gasteiger partial charge in [-0.25, -0.2) is 0 Å². The van der Waals surface area contributed by atoms with Crippen molar-refractivity contribution in [1.82, 2.24) is 15.1 Å². The highest BCUT2D eigenvalue weighted by Gasteiger charge is 2.14. The minimum atomic E-state index is 1.18. The molecule has 0 radical (unpaired) electrons. The van der Waals surface area contributed by atoms with E-state index in [0.717, 1.165) is 0 Å². The Morgan fingerprint density at radius 1 is 0.846 bits per heavy atom. The predicted molar refractivity (Wildman–Crippen MR) is 55.0 cm³/mol. The molecule has 2 rings (SSSR count). The summed E-state index contributed by atoms with van der Waals surface area (Å²) in [6, 6.07) is 0. The summed E-state index contributed by atoms with van der Waals surface area (Å²) in [5.74, 6) is 0. The highest BCUT2D eigenvalue weighted by Crippen LogP contribution is 2.06. The van der Waals surface area contributed by atoms with E-state index < -0.39 is 0 Å². The van der Waals surface area contributed by atoms with E-state index in [1.807, 2.05) is 0 Å². The van der Waals surface area contributed by atoms with E-state index >= 15 is 0 Å². The molecule has 0 aromatic rings. The Hall–Kier alpha value is -0.120. The zero-order chi connectivity index (χ0) is 8.93. The normalized spacial score (nSPS) is 25.8. The van der Waals surface area contributed by atoms with Crippen LogP contribution in [-0.2, 0) is 0 Å². The number of hydrogen-bond acceptors (Lipinski definition) is 3. The standard InChI is InChI=1S/C10H21N3/c1-5-12(6-1)7-2-8-13-9-3-11-4-10-13/h11H,1-10H2. The fraction of sp³-hybridized carbons (Fsp3) is 1.00. The van der Waals surface area contributed by atoms with Crippen LogP contribution in [0, 0.1) is 0 Å². The molecule has 76 valence electrons. The Labute approximate surface area is 81.1 Å². The van der Waals surface area contributed by atoms with Crippen molar-refractivity contribution < 1.29 is 0 Å². The lowest BCUT2D eigenvalue weighted by atomic mass is 10.2. The third-order valence-corrected chi connectivity index (χ3v) is 3.11. The Balaban J connectivity index is 1.50. The molecule has 2 saturated heterocycles. The summed E-state index contributed by atoms with van der Waals surface area (Å²) in [6.45, 7) is 10.2. The topological polar surface area (TPSA) is 18.5 Å². The fourth-order valence-corrected chi connectivity index (χ4v) is 2.06. The average molecular weight is 183 g/mol. The van der Waals surface area contributed by atoms with E-state index in [9.17, 15) is 0 Å². The van der Waals surface area contributed by atoms with E-state index in [2.05, 4.69) is 15.1 Å². The SMILES string of the molecule is C1CN(CCCN2CCNCC2)C1. The first-order valence-corrected chi connectivity index (χ1v) is 5.60. The maximum absolute atomic E-state index is 3.38. The molecule has 0 amide bonds. The molecule has 2 aliphatic heterocycles. The monoisotopic (exact) mass is 183 g/mol. The van der Waals surface area contributed by atoms with Crippen LogP contribution in [0.2, 0.25) is 0 Å². The van der Waals surface area contributed by atoms with Gasteiger partial charge in [0.25, 0.3) is 0 Å². The van der Waals surface area contributed by atoms with Crippen LogP contribution >= 0.6 is 0 Å². The van der Waals surface area contributed by atoms with E-state index in [0.29, 0.717) is 0 Å². The van der Waals surface area contributed by atoms with Crippen molar-refractivity contribution in [2.75, 3.05) is 52.4 Å². The van der Waals surface area contributed by atoms with Crippen LogP contribution in [0.25, 0.3) is 0 Å². The average Bonchev–Trinajstić information content (AvgIpc) is 2.11. The third-order valence-electron chi connectivity index (χ3n) is 3.11. The van der Waals surface area contributed by atoms with E-state index in [1.165, 1.54) is 65.2 Å². The quantitative estimate of drug-likeness (QED) is 0.661. The Morgan fingerprint density at radius 3 is 2.00 bits per heavy atom. The van der Waals surface area contributed by atoms with Crippen LogP contribution in [0.3, 0.4) is 0 Å². The first-order chi connectivity index (χ1) is 6.45. The molecule has 0 saturated carbocycles. The van der Waals surface area contributed by atoms with E-state index in [-0.39, 0.29) is 0 Å². The molecule has 3 nitrogen and oxygen atoms in total. The zero-order valence-corrected chi connectivity index (χ0v) is 8.47. The van der Waals surface area contributed by atoms with Gasteiger partial charge in [-0.1, -0.05) is 0 Å². The first kappa shape index (κ1) is 9.44. The number of nitrogens with zero attached hydrogens (tertiary/aromatic N) is 2. The highest BCUT2D eigenvalue weighted by atomic mass is 15.2. The molecule has 2 heterocycles. The van der Waals surface area contributed by atoms with Crippen molar-refractivity contribution in [3.63, 3.8) is 0 Å². The maximum Gasteiger partial charge on any atom is 0.0107 e. The zero-order valence-electron chi connectivity index (χ0n) is 8.47. The second-order valence-electron chi connectivity index (χ2n) is 4.14. The molecule has 2 fully saturated rings. The van der Waals surface area contributed by atoms with Crippen LogP contribution in [-0.4, -0.2) is 62.2 Å². The van der Waals surface area contributed by atoms with Crippen LogP contribution in [0.15, 0.2) is 0 Å². The van der Waals surface area contributed by atoms with Crippen LogP contribution in [0.4, 0.5) is 0 Å². The lowest BCUT2D eigenvalue weighted by molar-refractivity contribution is 0.161. The van der Waals surface area contributed by atoms with Gasteiger partial charge in [-0.3, -0.25) is 0 Å². The van der Waals surface area contributed by atoms with Crippen molar-refractivity contribution in [3.05, 3.63) is 0 Å². The van der Waals surface area contributed by atoms with Gasteiger partial charge in [-0.15, -0.1) is 0 Å². The second kappa shape index (κ2) is 4.94. The summed E-state index contributed by atoms with van der Waals surface area (Å²) < 4.78 is 0. The molecule has 1 N–H and O–H groups in total. The van der Waals surface area contributed by atoms with Crippen molar-refractivity contribution in [2.45, 2.75) is 12.8 Å². The Morgan fingerprint density at radius 2 is 1.46 bits per heavy atom. The molecule has 0 unspecified atom stereocenters. The summed E-state index contributed by atoms with van der Waals surface area (Å²) in [5, 5.41) is 3.38. The summed E-state index contributed by atoms with van der Waals surface area (Å²) >= 11 is 0. The van der Waals surface area contributed by atoms with Gasteiger partial charge in [-0.05, 0) is 39.0 Å². The second-order valence-corrected chi connectivity index (χ2v) is 4.14. The molecular formula is C10H21N3. The number of nitrogens with one attached hydrogen (secondary N) is 1. The first-order valence-electron chi connectivity index (χ1n) is 5.60. The molecule has 0 aromatic carbocycles. The number of piperazine rings is 1. The predicted octanol–water partition coefficient (Wildman–Crippen LogP) is -0.0126. The molecule has 0 spiro atoms. The summed E-state index contributed by atoms with van der Waals surface area (Å²) in [4.78, 5) is 5.14. The number of rotatable bonds is 4.